The molecule has 0 aliphatic heterocycles. The number of aliphatic hydroxyl groups excluding tert-OH is 1. The van der Waals surface area contributed by atoms with Crippen molar-refractivity contribution in [3.63, 3.8) is 0 Å². The first-order valence-corrected chi connectivity index (χ1v) is 6.87. The summed E-state index contributed by atoms with van der Waals surface area (Å²) >= 11 is 0. The second kappa shape index (κ2) is 6.23. The van der Waals surface area contributed by atoms with Gasteiger partial charge in [-0.2, -0.15) is 0 Å². The highest BCUT2D eigenvalue weighted by Gasteiger charge is 2.31. The van der Waals surface area contributed by atoms with Crippen LogP contribution < -0.4 is 0 Å². The summed E-state index contributed by atoms with van der Waals surface area (Å²) in [5.41, 5.74) is -1.23. The average Bonchev–Trinajstić information content (AvgIpc) is 2.11. The summed E-state index contributed by atoms with van der Waals surface area (Å²) in [5.74, 6) is 0.00495. The first-order valence-electron chi connectivity index (χ1n) is 6.87. The van der Waals surface area contributed by atoms with Crippen LogP contribution in [-0.2, 0) is 4.79 Å². The van der Waals surface area contributed by atoms with Crippen molar-refractivity contribution in [2.45, 2.75) is 60.5 Å². The summed E-state index contributed by atoms with van der Waals surface area (Å²) in [5, 5.41) is 19.3. The molecule has 0 aromatic carbocycles. The largest absolute Gasteiger partial charge is 0.396 e. The molecule has 0 fully saturated rings. The lowest BCUT2D eigenvalue weighted by atomic mass is 9.81. The standard InChI is InChI=1S/C15H31NO3/c1-12(18)16(10-14(4,5)11-17)9-13(2,3)8-15(6,7)19/h17,19H,8-11H2,1-7H3. The maximum atomic E-state index is 11.8. The minimum Gasteiger partial charge on any atom is -0.396 e. The molecule has 0 atom stereocenters. The first kappa shape index (κ1) is 18.4. The lowest BCUT2D eigenvalue weighted by Crippen LogP contribution is -2.45. The fraction of sp³-hybridized carbons (Fsp3) is 0.933. The molecule has 0 radical (unpaired) electrons. The van der Waals surface area contributed by atoms with Crippen molar-refractivity contribution < 1.29 is 15.0 Å². The Morgan fingerprint density at radius 2 is 1.42 bits per heavy atom. The van der Waals surface area contributed by atoms with Gasteiger partial charge in [-0.3, -0.25) is 4.79 Å². The minimum absolute atomic E-state index is 0.00495. The van der Waals surface area contributed by atoms with Crippen LogP contribution in [0.15, 0.2) is 0 Å². The Balaban J connectivity index is 4.81. The average molecular weight is 273 g/mol. The molecular formula is C15H31NO3. The Hall–Kier alpha value is -0.610. The van der Waals surface area contributed by atoms with Gasteiger partial charge < -0.3 is 15.1 Å². The predicted octanol–water partition coefficient (Wildman–Crippen LogP) is 2.04. The Labute approximate surface area is 117 Å². The monoisotopic (exact) mass is 273 g/mol. The van der Waals surface area contributed by atoms with E-state index >= 15 is 0 Å². The van der Waals surface area contributed by atoms with E-state index in [4.69, 9.17) is 0 Å². The van der Waals surface area contributed by atoms with Crippen molar-refractivity contribution in [1.29, 1.82) is 0 Å². The van der Waals surface area contributed by atoms with Crippen molar-refractivity contribution >= 4 is 5.91 Å². The third kappa shape index (κ3) is 8.22. The van der Waals surface area contributed by atoms with Gasteiger partial charge in [0.25, 0.3) is 0 Å². The van der Waals surface area contributed by atoms with Crippen LogP contribution in [0.4, 0.5) is 0 Å². The number of hydrogen-bond donors (Lipinski definition) is 2. The SMILES string of the molecule is CC(=O)N(CC(C)(C)CO)CC(C)(C)CC(C)(C)O. The van der Waals surface area contributed by atoms with Gasteiger partial charge in [-0.1, -0.05) is 27.7 Å². The molecule has 0 aromatic rings. The van der Waals surface area contributed by atoms with Gasteiger partial charge in [0.05, 0.1) is 5.60 Å². The Morgan fingerprint density at radius 3 is 1.74 bits per heavy atom. The smallest absolute Gasteiger partial charge is 0.219 e. The molecular weight excluding hydrogens is 242 g/mol. The summed E-state index contributed by atoms with van der Waals surface area (Å²) in [4.78, 5) is 13.5. The van der Waals surface area contributed by atoms with E-state index < -0.39 is 5.60 Å². The molecule has 114 valence electrons. The molecule has 0 saturated heterocycles. The van der Waals surface area contributed by atoms with Gasteiger partial charge in [0, 0.05) is 32.0 Å². The highest BCUT2D eigenvalue weighted by molar-refractivity contribution is 5.73. The molecule has 19 heavy (non-hydrogen) atoms. The number of carbonyl (C=O) groups excluding carboxylic acids is 1. The number of nitrogens with zero attached hydrogens (tertiary/aromatic N) is 1. The van der Waals surface area contributed by atoms with Crippen LogP contribution in [0.25, 0.3) is 0 Å². The molecule has 0 heterocycles. The quantitative estimate of drug-likeness (QED) is 0.746. The highest BCUT2D eigenvalue weighted by atomic mass is 16.3. The number of carbonyl (C=O) groups is 1. The number of aliphatic hydroxyl groups is 2. The highest BCUT2D eigenvalue weighted by Crippen LogP contribution is 2.30. The predicted molar refractivity (Wildman–Crippen MR) is 77.8 cm³/mol. The Morgan fingerprint density at radius 1 is 1.00 bits per heavy atom. The van der Waals surface area contributed by atoms with Crippen LogP contribution in [0.3, 0.4) is 0 Å². The van der Waals surface area contributed by atoms with Crippen molar-refractivity contribution in [3.8, 4) is 0 Å². The van der Waals surface area contributed by atoms with Gasteiger partial charge in [-0.15, -0.1) is 0 Å². The van der Waals surface area contributed by atoms with Crippen LogP contribution >= 0.6 is 0 Å². The van der Waals surface area contributed by atoms with Gasteiger partial charge >= 0.3 is 0 Å². The zero-order chi connectivity index (χ0) is 15.5. The van der Waals surface area contributed by atoms with Gasteiger partial charge in [0.1, 0.15) is 0 Å². The molecule has 0 unspecified atom stereocenters. The van der Waals surface area contributed by atoms with E-state index in [9.17, 15) is 15.0 Å². The molecule has 0 aliphatic rings. The molecule has 2 N–H and O–H groups in total. The zero-order valence-corrected chi connectivity index (χ0v) is 13.6. The zero-order valence-electron chi connectivity index (χ0n) is 13.6. The van der Waals surface area contributed by atoms with E-state index in [2.05, 4.69) is 0 Å². The third-order valence-corrected chi connectivity index (χ3v) is 3.02. The summed E-state index contributed by atoms with van der Waals surface area (Å²) in [6, 6.07) is 0. The fourth-order valence-corrected chi connectivity index (χ4v) is 2.59. The van der Waals surface area contributed by atoms with E-state index in [0.29, 0.717) is 19.5 Å². The summed E-state index contributed by atoms with van der Waals surface area (Å²) in [6.45, 7) is 14.2. The van der Waals surface area contributed by atoms with E-state index in [1.165, 1.54) is 0 Å². The number of amides is 1. The van der Waals surface area contributed by atoms with E-state index in [-0.39, 0.29) is 23.3 Å². The topological polar surface area (TPSA) is 60.8 Å². The normalized spacial score (nSPS) is 13.5. The van der Waals surface area contributed by atoms with E-state index in [0.717, 1.165) is 0 Å². The molecule has 0 rings (SSSR count). The summed E-state index contributed by atoms with van der Waals surface area (Å²) < 4.78 is 0. The summed E-state index contributed by atoms with van der Waals surface area (Å²) in [7, 11) is 0. The van der Waals surface area contributed by atoms with E-state index in [1.54, 1.807) is 25.7 Å². The van der Waals surface area contributed by atoms with Gasteiger partial charge in [-0.05, 0) is 25.7 Å². The minimum atomic E-state index is -0.752. The van der Waals surface area contributed by atoms with Crippen LogP contribution in [-0.4, -0.2) is 46.3 Å². The van der Waals surface area contributed by atoms with Gasteiger partial charge in [-0.25, -0.2) is 0 Å². The van der Waals surface area contributed by atoms with Crippen LogP contribution in [0, 0.1) is 10.8 Å². The molecule has 0 saturated carbocycles. The van der Waals surface area contributed by atoms with Crippen molar-refractivity contribution in [1.82, 2.24) is 4.90 Å². The second-order valence-corrected chi connectivity index (χ2v) is 7.85. The van der Waals surface area contributed by atoms with Crippen LogP contribution in [0.5, 0.6) is 0 Å². The molecule has 0 bridgehead atoms. The maximum absolute atomic E-state index is 11.8. The Kier molecular flexibility index (Phi) is 6.03. The lowest BCUT2D eigenvalue weighted by Gasteiger charge is -2.38. The third-order valence-electron chi connectivity index (χ3n) is 3.02. The molecule has 0 aliphatic carbocycles. The van der Waals surface area contributed by atoms with Gasteiger partial charge in [0.15, 0.2) is 0 Å². The number of hydrogen-bond acceptors (Lipinski definition) is 3. The molecule has 4 heteroatoms. The Bertz CT molecular complexity index is 303. The van der Waals surface area contributed by atoms with Crippen molar-refractivity contribution in [2.75, 3.05) is 19.7 Å². The lowest BCUT2D eigenvalue weighted by molar-refractivity contribution is -0.132. The molecule has 4 nitrogen and oxygen atoms in total. The van der Waals surface area contributed by atoms with Gasteiger partial charge in [0.2, 0.25) is 5.91 Å². The van der Waals surface area contributed by atoms with E-state index in [1.807, 2.05) is 27.7 Å². The van der Waals surface area contributed by atoms with Crippen molar-refractivity contribution in [3.05, 3.63) is 0 Å². The maximum Gasteiger partial charge on any atom is 0.219 e. The molecule has 1 amide bonds. The van der Waals surface area contributed by atoms with Crippen LogP contribution in [0.2, 0.25) is 0 Å². The van der Waals surface area contributed by atoms with Crippen LogP contribution in [0.1, 0.15) is 54.9 Å². The first-order chi connectivity index (χ1) is 8.28. The fourth-order valence-electron chi connectivity index (χ4n) is 2.59. The van der Waals surface area contributed by atoms with Crippen molar-refractivity contribution in [2.24, 2.45) is 10.8 Å². The number of rotatable bonds is 7. The molecule has 0 aromatic heterocycles. The second-order valence-electron chi connectivity index (χ2n) is 7.85. The molecule has 0 spiro atoms. The summed E-state index contributed by atoms with van der Waals surface area (Å²) in [6.07, 6.45) is 0.614.